The minimum Gasteiger partial charge on any atom is -0.313 e. The highest BCUT2D eigenvalue weighted by atomic mass is 19.1. The van der Waals surface area contributed by atoms with Gasteiger partial charge in [-0.1, -0.05) is 0 Å². The summed E-state index contributed by atoms with van der Waals surface area (Å²) >= 11 is 0. The molecule has 2 rings (SSSR count). The minimum absolute atomic E-state index is 0.340. The number of halogens is 2. The third-order valence-electron chi connectivity index (χ3n) is 3.89. The van der Waals surface area contributed by atoms with E-state index >= 15 is 0 Å². The molecule has 1 fully saturated rings. The van der Waals surface area contributed by atoms with Crippen molar-refractivity contribution in [3.8, 4) is 0 Å². The number of likely N-dealkylation sites (tertiary alicyclic amines) is 1. The molecule has 0 saturated carbocycles. The van der Waals surface area contributed by atoms with Crippen LogP contribution < -0.4 is 5.32 Å². The van der Waals surface area contributed by atoms with E-state index < -0.39 is 0 Å². The van der Waals surface area contributed by atoms with E-state index in [4.69, 9.17) is 0 Å². The zero-order valence-electron chi connectivity index (χ0n) is 11.5. The van der Waals surface area contributed by atoms with Crippen molar-refractivity contribution >= 4 is 0 Å². The molecule has 0 unspecified atom stereocenters. The van der Waals surface area contributed by atoms with Gasteiger partial charge < -0.3 is 10.2 Å². The van der Waals surface area contributed by atoms with Crippen LogP contribution in [-0.2, 0) is 6.54 Å². The predicted octanol–water partition coefficient (Wildman–Crippen LogP) is 2.79. The molecule has 0 aliphatic carbocycles. The molecule has 19 heavy (non-hydrogen) atoms. The molecule has 0 radical (unpaired) electrons. The van der Waals surface area contributed by atoms with Crippen molar-refractivity contribution in [3.63, 3.8) is 0 Å². The summed E-state index contributed by atoms with van der Waals surface area (Å²) in [6.07, 6.45) is 3.60. The monoisotopic (exact) mass is 268 g/mol. The van der Waals surface area contributed by atoms with Gasteiger partial charge in [-0.05, 0) is 70.1 Å². The van der Waals surface area contributed by atoms with E-state index in [1.807, 2.05) is 0 Å². The largest absolute Gasteiger partial charge is 0.313 e. The number of hydrogen-bond acceptors (Lipinski definition) is 2. The summed E-state index contributed by atoms with van der Waals surface area (Å²) in [5, 5.41) is 3.21. The van der Waals surface area contributed by atoms with E-state index in [1.165, 1.54) is 38.1 Å². The lowest BCUT2D eigenvalue weighted by Crippen LogP contribution is -2.31. The van der Waals surface area contributed by atoms with Gasteiger partial charge in [0.15, 0.2) is 0 Å². The molecular weight excluding hydrogens is 246 g/mol. The number of hydrogen-bond donors (Lipinski definition) is 1. The van der Waals surface area contributed by atoms with Crippen molar-refractivity contribution in [1.29, 1.82) is 0 Å². The van der Waals surface area contributed by atoms with Crippen molar-refractivity contribution in [2.45, 2.75) is 25.8 Å². The molecule has 4 heteroatoms. The predicted molar refractivity (Wildman–Crippen MR) is 72.9 cm³/mol. The Morgan fingerprint density at radius 1 is 1.26 bits per heavy atom. The van der Waals surface area contributed by atoms with E-state index in [0.717, 1.165) is 24.9 Å². The fraction of sp³-hybridized carbons (Fsp3) is 0.600. The van der Waals surface area contributed by atoms with E-state index in [9.17, 15) is 8.78 Å². The molecule has 1 aliphatic heterocycles. The summed E-state index contributed by atoms with van der Waals surface area (Å²) in [5.41, 5.74) is 0.406. The molecule has 0 aromatic heterocycles. The van der Waals surface area contributed by atoms with Crippen LogP contribution in [0.3, 0.4) is 0 Å². The summed E-state index contributed by atoms with van der Waals surface area (Å²) in [6.45, 7) is 3.60. The molecule has 1 heterocycles. The Hall–Kier alpha value is -1.00. The molecule has 2 nitrogen and oxygen atoms in total. The summed E-state index contributed by atoms with van der Waals surface area (Å²) in [5.74, 6) is 0.0442. The molecule has 0 bridgehead atoms. The van der Waals surface area contributed by atoms with Crippen LogP contribution in [0.2, 0.25) is 0 Å². The lowest BCUT2D eigenvalue weighted by atomic mass is 9.94. The van der Waals surface area contributed by atoms with Gasteiger partial charge in [0.1, 0.15) is 11.6 Å². The highest BCUT2D eigenvalue weighted by Gasteiger charge is 2.15. The Kier molecular flexibility index (Phi) is 5.28. The zero-order valence-corrected chi connectivity index (χ0v) is 11.5. The third-order valence-corrected chi connectivity index (χ3v) is 3.89. The molecule has 1 aromatic carbocycles. The number of benzene rings is 1. The van der Waals surface area contributed by atoms with Gasteiger partial charge in [-0.3, -0.25) is 0 Å². The highest BCUT2D eigenvalue weighted by molar-refractivity contribution is 5.18. The summed E-state index contributed by atoms with van der Waals surface area (Å²) < 4.78 is 26.4. The quantitative estimate of drug-likeness (QED) is 0.826. The van der Waals surface area contributed by atoms with Gasteiger partial charge in [-0.25, -0.2) is 8.78 Å². The maximum Gasteiger partial charge on any atom is 0.127 e. The molecule has 0 amide bonds. The van der Waals surface area contributed by atoms with Crippen molar-refractivity contribution < 1.29 is 8.78 Å². The van der Waals surface area contributed by atoms with E-state index in [0.29, 0.717) is 12.1 Å². The average molecular weight is 268 g/mol. The van der Waals surface area contributed by atoms with Crippen LogP contribution in [0.1, 0.15) is 24.8 Å². The molecule has 0 spiro atoms. The second-order valence-electron chi connectivity index (χ2n) is 5.45. The average Bonchev–Trinajstić information content (AvgIpc) is 2.40. The van der Waals surface area contributed by atoms with Crippen LogP contribution in [0, 0.1) is 17.6 Å². The van der Waals surface area contributed by atoms with Crippen molar-refractivity contribution in [2.24, 2.45) is 5.92 Å². The van der Waals surface area contributed by atoms with Gasteiger partial charge in [-0.15, -0.1) is 0 Å². The standard InChI is InChI=1S/C15H22F2N2/c1-19-8-5-12(6-9-19)4-7-18-11-13-10-14(16)2-3-15(13)17/h2-3,10,12,18H,4-9,11H2,1H3. The van der Waals surface area contributed by atoms with E-state index in [2.05, 4.69) is 17.3 Å². The smallest absolute Gasteiger partial charge is 0.127 e. The van der Waals surface area contributed by atoms with Gasteiger partial charge >= 0.3 is 0 Å². The lowest BCUT2D eigenvalue weighted by Gasteiger charge is -2.28. The Morgan fingerprint density at radius 2 is 2.00 bits per heavy atom. The highest BCUT2D eigenvalue weighted by Crippen LogP contribution is 2.18. The third kappa shape index (κ3) is 4.55. The van der Waals surface area contributed by atoms with Gasteiger partial charge in [-0.2, -0.15) is 0 Å². The molecule has 1 saturated heterocycles. The van der Waals surface area contributed by atoms with E-state index in [1.54, 1.807) is 0 Å². The Morgan fingerprint density at radius 3 is 2.74 bits per heavy atom. The molecule has 1 N–H and O–H groups in total. The maximum atomic E-state index is 13.4. The second-order valence-corrected chi connectivity index (χ2v) is 5.45. The molecule has 1 aromatic rings. The summed E-state index contributed by atoms with van der Waals surface area (Å²) in [4.78, 5) is 2.35. The fourth-order valence-corrected chi connectivity index (χ4v) is 2.56. The Labute approximate surface area is 113 Å². The number of rotatable bonds is 5. The molecular formula is C15H22F2N2. The first-order valence-corrected chi connectivity index (χ1v) is 6.98. The maximum absolute atomic E-state index is 13.4. The van der Waals surface area contributed by atoms with Crippen LogP contribution in [0.5, 0.6) is 0 Å². The van der Waals surface area contributed by atoms with Crippen LogP contribution in [0.15, 0.2) is 18.2 Å². The van der Waals surface area contributed by atoms with Crippen molar-refractivity contribution in [3.05, 3.63) is 35.4 Å². The van der Waals surface area contributed by atoms with Crippen molar-refractivity contribution in [2.75, 3.05) is 26.7 Å². The Bertz CT molecular complexity index is 401. The molecule has 0 atom stereocenters. The molecule has 106 valence electrons. The van der Waals surface area contributed by atoms with Gasteiger partial charge in [0.05, 0.1) is 0 Å². The summed E-state index contributed by atoms with van der Waals surface area (Å²) in [6, 6.07) is 3.60. The number of nitrogens with zero attached hydrogens (tertiary/aromatic N) is 1. The number of nitrogens with one attached hydrogen (secondary N) is 1. The lowest BCUT2D eigenvalue weighted by molar-refractivity contribution is 0.211. The van der Waals surface area contributed by atoms with Gasteiger partial charge in [0.2, 0.25) is 0 Å². The normalized spacial score (nSPS) is 17.8. The fourth-order valence-electron chi connectivity index (χ4n) is 2.56. The van der Waals surface area contributed by atoms with Crippen molar-refractivity contribution in [1.82, 2.24) is 10.2 Å². The first kappa shape index (κ1) is 14.4. The topological polar surface area (TPSA) is 15.3 Å². The summed E-state index contributed by atoms with van der Waals surface area (Å²) in [7, 11) is 2.15. The van der Waals surface area contributed by atoms with Crippen LogP contribution in [0.25, 0.3) is 0 Å². The van der Waals surface area contributed by atoms with E-state index in [-0.39, 0.29) is 11.6 Å². The van der Waals surface area contributed by atoms with Crippen LogP contribution in [0.4, 0.5) is 8.78 Å². The molecule has 1 aliphatic rings. The second kappa shape index (κ2) is 6.96. The first-order valence-electron chi connectivity index (χ1n) is 6.98. The zero-order chi connectivity index (χ0) is 13.7. The van der Waals surface area contributed by atoms with Gasteiger partial charge in [0.25, 0.3) is 0 Å². The van der Waals surface area contributed by atoms with Crippen LogP contribution in [-0.4, -0.2) is 31.6 Å². The first-order chi connectivity index (χ1) is 9.15. The number of piperidine rings is 1. The SMILES string of the molecule is CN1CCC(CCNCc2cc(F)ccc2F)CC1. The Balaban J connectivity index is 1.68. The minimum atomic E-state index is -0.381. The van der Waals surface area contributed by atoms with Crippen LogP contribution >= 0.6 is 0 Å². The van der Waals surface area contributed by atoms with Gasteiger partial charge in [0, 0.05) is 12.1 Å².